The van der Waals surface area contributed by atoms with E-state index in [4.69, 9.17) is 0 Å². The molecule has 0 aliphatic carbocycles. The molecular weight excluding hydrogens is 368 g/mol. The molecule has 2 aromatic rings. The lowest BCUT2D eigenvalue weighted by Gasteiger charge is -2.35. The minimum atomic E-state index is -2.82. The Balaban J connectivity index is 1.35. The topological polar surface area (TPSA) is 52.7 Å². The molecule has 0 bridgehead atoms. The number of rotatable bonds is 2. The maximum Gasteiger partial charge on any atom is 0.264 e. The standard InChI is InChI=1S/C16H17F2N3O2S2/c17-16(18)8-10(19-9-16)14(22)20-2-4-21(5-3-20)15(23)13-7-12-11(25-13)1-6-24-12/h1,6-7,10,19H,2-5,8-9H2. The molecule has 1 atom stereocenters. The normalized spacial score (nSPS) is 23.4. The summed E-state index contributed by atoms with van der Waals surface area (Å²) in [7, 11) is 0. The van der Waals surface area contributed by atoms with Crippen molar-refractivity contribution in [2.24, 2.45) is 0 Å². The van der Waals surface area contributed by atoms with Crippen LogP contribution in [0.2, 0.25) is 0 Å². The van der Waals surface area contributed by atoms with Crippen LogP contribution in [0.4, 0.5) is 8.78 Å². The van der Waals surface area contributed by atoms with Crippen molar-refractivity contribution >= 4 is 43.9 Å². The minimum Gasteiger partial charge on any atom is -0.338 e. The van der Waals surface area contributed by atoms with Gasteiger partial charge in [0.2, 0.25) is 5.91 Å². The number of carbonyl (C=O) groups excluding carboxylic acids is 2. The van der Waals surface area contributed by atoms with E-state index in [1.54, 1.807) is 21.1 Å². The van der Waals surface area contributed by atoms with Gasteiger partial charge in [0, 0.05) is 42.0 Å². The Bertz CT molecular complexity index is 783. The number of nitrogens with one attached hydrogen (secondary N) is 1. The summed E-state index contributed by atoms with van der Waals surface area (Å²) in [6.07, 6.45) is -0.448. The molecule has 2 aliphatic rings. The van der Waals surface area contributed by atoms with Gasteiger partial charge in [0.05, 0.1) is 17.5 Å². The molecule has 0 aromatic carbocycles. The molecule has 2 aliphatic heterocycles. The molecule has 2 aromatic heterocycles. The average Bonchev–Trinajstić information content (AvgIpc) is 3.27. The molecule has 0 saturated carbocycles. The highest BCUT2D eigenvalue weighted by molar-refractivity contribution is 7.27. The first kappa shape index (κ1) is 16.9. The van der Waals surface area contributed by atoms with Crippen LogP contribution in [0.15, 0.2) is 17.5 Å². The molecule has 2 amide bonds. The molecular formula is C16H17F2N3O2S2. The van der Waals surface area contributed by atoms with Gasteiger partial charge in [-0.15, -0.1) is 22.7 Å². The Labute approximate surface area is 151 Å². The number of thiophene rings is 2. The van der Waals surface area contributed by atoms with Crippen LogP contribution in [0, 0.1) is 0 Å². The summed E-state index contributed by atoms with van der Waals surface area (Å²) in [5.74, 6) is -3.13. The van der Waals surface area contributed by atoms with Crippen LogP contribution < -0.4 is 5.32 Å². The summed E-state index contributed by atoms with van der Waals surface area (Å²) in [5, 5.41) is 4.60. The molecule has 134 valence electrons. The maximum atomic E-state index is 13.3. The average molecular weight is 385 g/mol. The number of piperazine rings is 1. The number of hydrogen-bond acceptors (Lipinski definition) is 5. The first-order chi connectivity index (χ1) is 11.9. The first-order valence-corrected chi connectivity index (χ1v) is 9.79. The number of hydrogen-bond donors (Lipinski definition) is 1. The number of nitrogens with zero attached hydrogens (tertiary/aromatic N) is 2. The van der Waals surface area contributed by atoms with Crippen LogP contribution in [0.1, 0.15) is 16.1 Å². The van der Waals surface area contributed by atoms with Gasteiger partial charge in [-0.3, -0.25) is 14.9 Å². The zero-order chi connectivity index (χ0) is 17.6. The first-order valence-electron chi connectivity index (χ1n) is 8.09. The highest BCUT2D eigenvalue weighted by Crippen LogP contribution is 2.31. The molecule has 4 heterocycles. The quantitative estimate of drug-likeness (QED) is 0.863. The van der Waals surface area contributed by atoms with E-state index in [1.807, 2.05) is 17.5 Å². The molecule has 0 radical (unpaired) electrons. The number of amides is 2. The van der Waals surface area contributed by atoms with Crippen molar-refractivity contribution in [2.45, 2.75) is 18.4 Å². The van der Waals surface area contributed by atoms with E-state index in [0.717, 1.165) is 9.40 Å². The zero-order valence-corrected chi connectivity index (χ0v) is 15.0. The van der Waals surface area contributed by atoms with E-state index < -0.39 is 24.9 Å². The Kier molecular flexibility index (Phi) is 4.25. The van der Waals surface area contributed by atoms with Gasteiger partial charge in [0.25, 0.3) is 11.8 Å². The van der Waals surface area contributed by atoms with Gasteiger partial charge in [0.1, 0.15) is 0 Å². The number of alkyl halides is 2. The number of halogens is 2. The van der Waals surface area contributed by atoms with Crippen LogP contribution in [0.3, 0.4) is 0 Å². The smallest absolute Gasteiger partial charge is 0.264 e. The van der Waals surface area contributed by atoms with Crippen molar-refractivity contribution in [1.82, 2.24) is 15.1 Å². The number of fused-ring (bicyclic) bond motifs is 1. The predicted molar refractivity (Wildman–Crippen MR) is 93.5 cm³/mol. The van der Waals surface area contributed by atoms with Gasteiger partial charge in [0.15, 0.2) is 0 Å². The molecule has 9 heteroatoms. The Morgan fingerprint density at radius 1 is 1.16 bits per heavy atom. The molecule has 0 spiro atoms. The Hall–Kier alpha value is -1.58. The van der Waals surface area contributed by atoms with E-state index in [9.17, 15) is 18.4 Å². The van der Waals surface area contributed by atoms with Crippen LogP contribution in [0.25, 0.3) is 9.40 Å². The van der Waals surface area contributed by atoms with Crippen molar-refractivity contribution in [2.75, 3.05) is 32.7 Å². The Morgan fingerprint density at radius 3 is 2.52 bits per heavy atom. The van der Waals surface area contributed by atoms with E-state index >= 15 is 0 Å². The van der Waals surface area contributed by atoms with Crippen LogP contribution in [0.5, 0.6) is 0 Å². The molecule has 2 fully saturated rings. The van der Waals surface area contributed by atoms with Crippen LogP contribution in [-0.4, -0.2) is 66.3 Å². The van der Waals surface area contributed by atoms with Gasteiger partial charge in [-0.25, -0.2) is 8.78 Å². The molecule has 1 unspecified atom stereocenters. The number of carbonyl (C=O) groups is 2. The van der Waals surface area contributed by atoms with Gasteiger partial charge >= 0.3 is 0 Å². The van der Waals surface area contributed by atoms with Crippen LogP contribution in [-0.2, 0) is 4.79 Å². The minimum absolute atomic E-state index is 0.0222. The second-order valence-electron chi connectivity index (χ2n) is 6.37. The summed E-state index contributed by atoms with van der Waals surface area (Å²) in [5.41, 5.74) is 0. The van der Waals surface area contributed by atoms with Gasteiger partial charge in [-0.05, 0) is 17.5 Å². The lowest BCUT2D eigenvalue weighted by Crippen LogP contribution is -2.54. The fourth-order valence-corrected chi connectivity index (χ4v) is 5.34. The van der Waals surface area contributed by atoms with E-state index in [0.29, 0.717) is 31.1 Å². The third-order valence-electron chi connectivity index (χ3n) is 4.64. The summed E-state index contributed by atoms with van der Waals surface area (Å²) >= 11 is 3.09. The zero-order valence-electron chi connectivity index (χ0n) is 13.3. The predicted octanol–water partition coefficient (Wildman–Crippen LogP) is 2.24. The maximum absolute atomic E-state index is 13.3. The second-order valence-corrected chi connectivity index (χ2v) is 8.40. The van der Waals surface area contributed by atoms with Crippen molar-refractivity contribution in [3.8, 4) is 0 Å². The van der Waals surface area contributed by atoms with Gasteiger partial charge in [-0.1, -0.05) is 0 Å². The molecule has 2 saturated heterocycles. The summed E-state index contributed by atoms with van der Waals surface area (Å²) in [4.78, 5) is 29.0. The highest BCUT2D eigenvalue weighted by atomic mass is 32.1. The van der Waals surface area contributed by atoms with Gasteiger partial charge < -0.3 is 9.80 Å². The van der Waals surface area contributed by atoms with Gasteiger partial charge in [-0.2, -0.15) is 0 Å². The second kappa shape index (κ2) is 6.30. The molecule has 1 N–H and O–H groups in total. The third kappa shape index (κ3) is 3.28. The molecule has 25 heavy (non-hydrogen) atoms. The van der Waals surface area contributed by atoms with E-state index in [2.05, 4.69) is 5.32 Å². The Morgan fingerprint density at radius 2 is 1.88 bits per heavy atom. The lowest BCUT2D eigenvalue weighted by atomic mass is 10.1. The lowest BCUT2D eigenvalue weighted by molar-refractivity contribution is -0.135. The highest BCUT2D eigenvalue weighted by Gasteiger charge is 2.44. The van der Waals surface area contributed by atoms with Crippen molar-refractivity contribution in [3.05, 3.63) is 22.4 Å². The monoisotopic (exact) mass is 385 g/mol. The SMILES string of the molecule is O=C(c1cc2sccc2s1)N1CCN(C(=O)C2CC(F)(F)CN2)CC1. The third-order valence-corrected chi connectivity index (χ3v) is 6.72. The van der Waals surface area contributed by atoms with Crippen molar-refractivity contribution in [1.29, 1.82) is 0 Å². The fourth-order valence-electron chi connectivity index (χ4n) is 3.27. The van der Waals surface area contributed by atoms with Crippen molar-refractivity contribution < 1.29 is 18.4 Å². The van der Waals surface area contributed by atoms with E-state index in [-0.39, 0.29) is 11.8 Å². The summed E-state index contributed by atoms with van der Waals surface area (Å²) in [6.45, 7) is 1.18. The molecule has 4 rings (SSSR count). The van der Waals surface area contributed by atoms with E-state index in [1.165, 1.54) is 11.3 Å². The molecule has 5 nitrogen and oxygen atoms in total. The fraction of sp³-hybridized carbons (Fsp3) is 0.500. The summed E-state index contributed by atoms with van der Waals surface area (Å²) < 4.78 is 28.7. The van der Waals surface area contributed by atoms with Crippen LogP contribution >= 0.6 is 22.7 Å². The van der Waals surface area contributed by atoms with Crippen molar-refractivity contribution in [3.63, 3.8) is 0 Å². The summed E-state index contributed by atoms with van der Waals surface area (Å²) in [6, 6.07) is 3.10. The largest absolute Gasteiger partial charge is 0.338 e.